The zero-order chi connectivity index (χ0) is 20.9. The largest absolute Gasteiger partial charge is 0.494 e. The Morgan fingerprint density at radius 1 is 0.967 bits per heavy atom. The second-order valence-corrected chi connectivity index (χ2v) is 7.84. The van der Waals surface area contributed by atoms with Crippen molar-refractivity contribution in [2.75, 3.05) is 6.61 Å². The Morgan fingerprint density at radius 2 is 1.70 bits per heavy atom. The van der Waals surface area contributed by atoms with E-state index in [1.807, 2.05) is 48.5 Å². The summed E-state index contributed by atoms with van der Waals surface area (Å²) in [6, 6.07) is 20.0. The molecule has 1 N–H and O–H groups in total. The molecule has 0 amide bonds. The molecule has 0 fully saturated rings. The first-order valence-electron chi connectivity index (χ1n) is 9.85. The van der Waals surface area contributed by atoms with Crippen LogP contribution in [0.3, 0.4) is 0 Å². The van der Waals surface area contributed by atoms with Crippen LogP contribution in [0, 0.1) is 5.82 Å². The Bertz CT molecular complexity index is 1090. The molecule has 6 heteroatoms. The summed E-state index contributed by atoms with van der Waals surface area (Å²) in [7, 11) is 0. The van der Waals surface area contributed by atoms with Gasteiger partial charge in [0.05, 0.1) is 12.3 Å². The first kappa shape index (κ1) is 20.3. The number of unbranched alkanes of at least 4 members (excludes halogenated alkanes) is 1. The predicted octanol–water partition coefficient (Wildman–Crippen LogP) is 6.20. The highest BCUT2D eigenvalue weighted by Crippen LogP contribution is 2.27. The minimum atomic E-state index is -0.330. The maximum atomic E-state index is 14.1. The molecule has 152 valence electrons. The number of nitrogens with one attached hydrogen (secondary N) is 1. The van der Waals surface area contributed by atoms with Crippen molar-refractivity contribution in [2.45, 2.75) is 19.8 Å². The maximum Gasteiger partial charge on any atom is 0.154 e. The van der Waals surface area contributed by atoms with Crippen molar-refractivity contribution in [3.8, 4) is 5.75 Å². The highest BCUT2D eigenvalue weighted by Gasteiger charge is 2.18. The van der Waals surface area contributed by atoms with Gasteiger partial charge < -0.3 is 4.74 Å². The van der Waals surface area contributed by atoms with Crippen LogP contribution in [-0.2, 0) is 0 Å². The van der Waals surface area contributed by atoms with Crippen molar-refractivity contribution in [1.82, 2.24) is 5.43 Å². The molecule has 3 aromatic carbocycles. The van der Waals surface area contributed by atoms with Crippen molar-refractivity contribution < 1.29 is 9.13 Å². The number of benzene rings is 3. The van der Waals surface area contributed by atoms with Gasteiger partial charge in [0.2, 0.25) is 0 Å². The van der Waals surface area contributed by atoms with E-state index in [-0.39, 0.29) is 5.82 Å². The monoisotopic (exact) mass is 465 g/mol. The number of amidine groups is 1. The summed E-state index contributed by atoms with van der Waals surface area (Å²) >= 11 is 3.44. The molecule has 0 spiro atoms. The van der Waals surface area contributed by atoms with Crippen LogP contribution in [0.5, 0.6) is 5.75 Å². The Labute approximate surface area is 183 Å². The van der Waals surface area contributed by atoms with Gasteiger partial charge in [-0.15, -0.1) is 0 Å². The van der Waals surface area contributed by atoms with Gasteiger partial charge in [-0.1, -0.05) is 41.4 Å². The Balaban J connectivity index is 1.69. The molecule has 0 saturated carbocycles. The van der Waals surface area contributed by atoms with E-state index >= 15 is 0 Å². The Morgan fingerprint density at radius 3 is 2.43 bits per heavy atom. The number of aliphatic imine (C=N–C) groups is 1. The summed E-state index contributed by atoms with van der Waals surface area (Å²) in [5.41, 5.74) is 6.71. The van der Waals surface area contributed by atoms with Gasteiger partial charge in [0.1, 0.15) is 17.3 Å². The van der Waals surface area contributed by atoms with Crippen LogP contribution in [0.1, 0.15) is 36.5 Å². The molecule has 4 rings (SSSR count). The summed E-state index contributed by atoms with van der Waals surface area (Å²) in [4.78, 5) is 4.71. The predicted molar refractivity (Wildman–Crippen MR) is 122 cm³/mol. The number of hydrogen-bond acceptors (Lipinski definition) is 4. The molecule has 0 aromatic heterocycles. The lowest BCUT2D eigenvalue weighted by atomic mass is 10.0. The summed E-state index contributed by atoms with van der Waals surface area (Å²) in [5, 5.41) is 4.58. The van der Waals surface area contributed by atoms with Crippen molar-refractivity contribution in [3.05, 3.63) is 93.7 Å². The molecule has 0 radical (unpaired) electrons. The number of fused-ring (bicyclic) bond motifs is 1. The second-order valence-electron chi connectivity index (χ2n) is 6.93. The van der Waals surface area contributed by atoms with Gasteiger partial charge in [-0.05, 0) is 61.0 Å². The third kappa shape index (κ3) is 4.60. The van der Waals surface area contributed by atoms with Crippen molar-refractivity contribution >= 4 is 33.2 Å². The van der Waals surface area contributed by atoms with Crippen LogP contribution in [0.25, 0.3) is 0 Å². The second kappa shape index (κ2) is 9.22. The first-order chi connectivity index (χ1) is 14.6. The van der Waals surface area contributed by atoms with Crippen LogP contribution < -0.4 is 10.2 Å². The number of hydrogen-bond donors (Lipinski definition) is 1. The van der Waals surface area contributed by atoms with Crippen LogP contribution in [0.15, 0.2) is 81.3 Å². The van der Waals surface area contributed by atoms with E-state index in [1.165, 1.54) is 12.1 Å². The SMILES string of the molecule is CCCCOc1ccc(C2=NNC(c3ccc(Br)cc3)=Nc3ccc(F)cc32)cc1. The van der Waals surface area contributed by atoms with Crippen LogP contribution in [0.2, 0.25) is 0 Å². The third-order valence-electron chi connectivity index (χ3n) is 4.73. The first-order valence-corrected chi connectivity index (χ1v) is 10.6. The molecular formula is C24H21BrFN3O. The van der Waals surface area contributed by atoms with Crippen molar-refractivity contribution in [3.63, 3.8) is 0 Å². The fourth-order valence-corrected chi connectivity index (χ4v) is 3.37. The van der Waals surface area contributed by atoms with E-state index in [9.17, 15) is 4.39 Å². The Hall–Kier alpha value is -2.99. The molecule has 1 aliphatic rings. The normalized spacial score (nSPS) is 12.9. The summed E-state index contributed by atoms with van der Waals surface area (Å²) in [5.74, 6) is 1.08. The topological polar surface area (TPSA) is 46.0 Å². The van der Waals surface area contributed by atoms with E-state index in [4.69, 9.17) is 9.73 Å². The molecule has 0 unspecified atom stereocenters. The highest BCUT2D eigenvalue weighted by molar-refractivity contribution is 9.10. The van der Waals surface area contributed by atoms with Gasteiger partial charge in [0, 0.05) is 21.2 Å². The zero-order valence-electron chi connectivity index (χ0n) is 16.5. The maximum absolute atomic E-state index is 14.1. The van der Waals surface area contributed by atoms with Gasteiger partial charge in [0.15, 0.2) is 5.84 Å². The summed E-state index contributed by atoms with van der Waals surface area (Å²) in [6.45, 7) is 2.82. The van der Waals surface area contributed by atoms with E-state index in [0.717, 1.165) is 34.2 Å². The molecule has 0 aliphatic carbocycles. The van der Waals surface area contributed by atoms with Crippen molar-refractivity contribution in [2.24, 2.45) is 10.1 Å². The lowest BCUT2D eigenvalue weighted by Crippen LogP contribution is -2.19. The summed E-state index contributed by atoms with van der Waals surface area (Å²) in [6.07, 6.45) is 2.10. The quantitative estimate of drug-likeness (QED) is 0.440. The smallest absolute Gasteiger partial charge is 0.154 e. The summed E-state index contributed by atoms with van der Waals surface area (Å²) < 4.78 is 20.8. The lowest BCUT2D eigenvalue weighted by molar-refractivity contribution is 0.309. The van der Waals surface area contributed by atoms with Gasteiger partial charge >= 0.3 is 0 Å². The van der Waals surface area contributed by atoms with Gasteiger partial charge in [-0.2, -0.15) is 5.10 Å². The number of nitrogens with zero attached hydrogens (tertiary/aromatic N) is 2. The van der Waals surface area contributed by atoms with E-state index in [0.29, 0.717) is 29.4 Å². The van der Waals surface area contributed by atoms with Gasteiger partial charge in [-0.3, -0.25) is 5.43 Å². The molecule has 1 aliphatic heterocycles. The van der Waals surface area contributed by atoms with Crippen LogP contribution in [0.4, 0.5) is 10.1 Å². The van der Waals surface area contributed by atoms with Crippen LogP contribution in [-0.4, -0.2) is 18.2 Å². The van der Waals surface area contributed by atoms with Gasteiger partial charge in [-0.25, -0.2) is 9.38 Å². The molecule has 0 atom stereocenters. The molecule has 0 bridgehead atoms. The number of halogens is 2. The zero-order valence-corrected chi connectivity index (χ0v) is 18.1. The minimum absolute atomic E-state index is 0.330. The molecule has 3 aromatic rings. The molecule has 30 heavy (non-hydrogen) atoms. The average Bonchev–Trinajstić information content (AvgIpc) is 2.94. The van der Waals surface area contributed by atoms with Crippen LogP contribution >= 0.6 is 15.9 Å². The molecular weight excluding hydrogens is 445 g/mol. The van der Waals surface area contributed by atoms with E-state index in [1.54, 1.807) is 6.07 Å². The van der Waals surface area contributed by atoms with Gasteiger partial charge in [0.25, 0.3) is 0 Å². The Kier molecular flexibility index (Phi) is 6.23. The standard InChI is InChI=1S/C24H21BrFN3O/c1-2-3-14-30-20-11-6-16(7-12-20)23-21-15-19(26)10-13-22(21)27-24(29-28-23)17-4-8-18(25)9-5-17/h4-13,15H,2-3,14H2,1H3,(H,27,29). The lowest BCUT2D eigenvalue weighted by Gasteiger charge is -2.10. The molecule has 4 nitrogen and oxygen atoms in total. The fraction of sp³-hybridized carbons (Fsp3) is 0.167. The minimum Gasteiger partial charge on any atom is -0.494 e. The van der Waals surface area contributed by atoms with Crippen molar-refractivity contribution in [1.29, 1.82) is 0 Å². The third-order valence-corrected chi connectivity index (χ3v) is 5.26. The van der Waals surface area contributed by atoms with E-state index < -0.39 is 0 Å². The fourth-order valence-electron chi connectivity index (χ4n) is 3.11. The molecule has 0 saturated heterocycles. The molecule has 1 heterocycles. The number of rotatable bonds is 6. The average molecular weight is 466 g/mol. The number of ether oxygens (including phenoxy) is 1. The van der Waals surface area contributed by atoms with E-state index in [2.05, 4.69) is 33.4 Å². The number of hydrazone groups is 1. The highest BCUT2D eigenvalue weighted by atomic mass is 79.9.